The van der Waals surface area contributed by atoms with Crippen molar-refractivity contribution in [2.45, 2.75) is 188 Å². The maximum absolute atomic E-state index is 14.1. The summed E-state index contributed by atoms with van der Waals surface area (Å²) in [6.45, 7) is 6.38. The first-order valence-electron chi connectivity index (χ1n) is 33.9. The fraction of sp³-hybridized carbons (Fsp3) is 0.455. The van der Waals surface area contributed by atoms with Crippen LogP contribution in [0.3, 0.4) is 0 Å². The molecule has 0 radical (unpaired) electrons. The Morgan fingerprint density at radius 3 is 1.60 bits per heavy atom. The van der Waals surface area contributed by atoms with Crippen LogP contribution >= 0.6 is 0 Å². The lowest BCUT2D eigenvalue weighted by molar-refractivity contribution is -0.309. The third-order valence-electron chi connectivity index (χ3n) is 19.2. The number of rotatable bonds is 9. The number of cyclic esters (lactones) is 1. The minimum absolute atomic E-state index is 0.0838. The molecule has 532 valence electrons. The van der Waals surface area contributed by atoms with E-state index in [4.69, 9.17) is 33.2 Å². The highest BCUT2D eigenvalue weighted by molar-refractivity contribution is 5.80. The number of hydrogen-bond acceptors (Lipinski definition) is 20. The summed E-state index contributed by atoms with van der Waals surface area (Å²) in [5.41, 5.74) is 7.57. The zero-order valence-electron chi connectivity index (χ0n) is 55.9. The molecule has 2 aliphatic carbocycles. The number of aliphatic carboxylic acids is 1. The number of hydrogen-bond donors (Lipinski definition) is 11. The quantitative estimate of drug-likeness (QED) is 0.0554. The van der Waals surface area contributed by atoms with Crippen molar-refractivity contribution in [2.75, 3.05) is 13.2 Å². The Morgan fingerprint density at radius 1 is 0.556 bits per heavy atom. The van der Waals surface area contributed by atoms with Crippen molar-refractivity contribution < 1.29 is 103 Å². The van der Waals surface area contributed by atoms with Gasteiger partial charge in [0.05, 0.1) is 67.4 Å². The van der Waals surface area contributed by atoms with Crippen LogP contribution in [0, 0.1) is 17.8 Å². The highest BCUT2D eigenvalue weighted by Crippen LogP contribution is 2.47. The van der Waals surface area contributed by atoms with Gasteiger partial charge in [-0.05, 0) is 77.6 Å². The Bertz CT molecular complexity index is 3490. The largest absolute Gasteiger partial charge is 0.508 e. The van der Waals surface area contributed by atoms with E-state index in [2.05, 4.69) is 5.32 Å². The van der Waals surface area contributed by atoms with Gasteiger partial charge in [0.1, 0.15) is 43.5 Å². The summed E-state index contributed by atoms with van der Waals surface area (Å²) in [6, 6.07) is 29.3. The molecule has 22 nitrogen and oxygen atoms in total. The molecule has 0 spiro atoms. The molecule has 3 heterocycles. The van der Waals surface area contributed by atoms with Gasteiger partial charge < -0.3 is 89.5 Å². The molecule has 19 unspecified atom stereocenters. The van der Waals surface area contributed by atoms with Crippen LogP contribution < -0.4 is 5.32 Å². The predicted molar refractivity (Wildman–Crippen MR) is 365 cm³/mol. The Hall–Kier alpha value is -7.94. The van der Waals surface area contributed by atoms with E-state index in [9.17, 15) is 70.2 Å². The number of carbonyl (C=O) groups is 4. The maximum Gasteiger partial charge on any atom is 0.508 e. The summed E-state index contributed by atoms with van der Waals surface area (Å²) in [7, 11) is 0. The van der Waals surface area contributed by atoms with Gasteiger partial charge in [-0.3, -0.25) is 9.59 Å². The first-order valence-corrected chi connectivity index (χ1v) is 33.9. The van der Waals surface area contributed by atoms with Gasteiger partial charge in [-0.2, -0.15) is 0 Å². The average molecular weight is 1370 g/mol. The molecule has 9 rings (SSSR count). The zero-order valence-corrected chi connectivity index (χ0v) is 55.9. The number of amides is 1. The van der Waals surface area contributed by atoms with E-state index in [0.717, 1.165) is 44.5 Å². The monoisotopic (exact) mass is 1370 g/mol. The van der Waals surface area contributed by atoms with Crippen LogP contribution in [0.2, 0.25) is 0 Å². The molecular weight excluding hydrogens is 1270 g/mol. The van der Waals surface area contributed by atoms with Gasteiger partial charge in [0.15, 0.2) is 12.1 Å². The van der Waals surface area contributed by atoms with Crippen molar-refractivity contribution in [1.29, 1.82) is 0 Å². The van der Waals surface area contributed by atoms with Crippen molar-refractivity contribution in [2.24, 2.45) is 17.8 Å². The summed E-state index contributed by atoms with van der Waals surface area (Å²) in [5.74, 6) is -8.22. The van der Waals surface area contributed by atoms with Crippen molar-refractivity contribution in [1.82, 2.24) is 5.32 Å². The highest BCUT2D eigenvalue weighted by Gasteiger charge is 2.54. The SMILES string of the molecule is CC1C=CC=CC=CC=CC=CC=CC=CC(OC2OC(C)C(O)C(NC(=O)OCC3c4ccccc4-c4ccccc43)C2O)CC2OC(O)(CC(O)CC(O)C(O)CCC(O)CC(O)CC(=O)OC(C)C(C)C1O)CC(OC(=O)OCC1c3ccccc3-c3ccccc31)C2C(=O)O. The number of carboxylic acid groups (broad SMARTS) is 1. The molecule has 1 amide bonds. The summed E-state index contributed by atoms with van der Waals surface area (Å²) in [4.78, 5) is 54.4. The number of aliphatic hydroxyl groups is 9. The van der Waals surface area contributed by atoms with Crippen LogP contribution in [0.15, 0.2) is 182 Å². The van der Waals surface area contributed by atoms with Crippen LogP contribution in [-0.4, -0.2) is 186 Å². The summed E-state index contributed by atoms with van der Waals surface area (Å²) in [6.07, 6.45) is -2.04. The molecular formula is C77H93NO21. The Labute approximate surface area is 576 Å². The Morgan fingerprint density at radius 2 is 1.06 bits per heavy atom. The number of alkyl carbamates (subject to hydrolysis) is 1. The number of fused-ring (bicyclic) bond motifs is 8. The lowest BCUT2D eigenvalue weighted by Gasteiger charge is -2.46. The fourth-order valence-electron chi connectivity index (χ4n) is 13.7. The second-order valence-electron chi connectivity index (χ2n) is 26.4. The normalized spacial score (nSPS) is 32.4. The van der Waals surface area contributed by atoms with Crippen LogP contribution in [0.5, 0.6) is 0 Å². The van der Waals surface area contributed by atoms with Crippen molar-refractivity contribution in [3.8, 4) is 22.3 Å². The molecule has 0 saturated carbocycles. The van der Waals surface area contributed by atoms with Crippen LogP contribution in [-0.2, 0) is 42.7 Å². The number of benzene rings is 4. The molecule has 19 atom stereocenters. The van der Waals surface area contributed by atoms with E-state index in [1.165, 1.54) is 13.0 Å². The minimum atomic E-state index is -2.56. The minimum Gasteiger partial charge on any atom is -0.481 e. The zero-order chi connectivity index (χ0) is 70.9. The van der Waals surface area contributed by atoms with Gasteiger partial charge in [0.2, 0.25) is 0 Å². The van der Waals surface area contributed by atoms with Gasteiger partial charge in [-0.1, -0.05) is 196 Å². The molecule has 4 aromatic rings. The number of allylic oxidation sites excluding steroid dienone is 12. The van der Waals surface area contributed by atoms with E-state index in [1.807, 2.05) is 110 Å². The third-order valence-corrected chi connectivity index (χ3v) is 19.2. The number of aliphatic hydroxyl groups excluding tert-OH is 8. The molecule has 2 fully saturated rings. The Balaban J connectivity index is 0.974. The Kier molecular flexibility index (Phi) is 26.9. The standard InChI is InChI=1S/C77H93NO21/c1-45-25-15-13-11-9-7-5-6-8-10-12-14-16-26-52(97-74-72(87)69(71(86)48(4)96-74)78-75(90)93-43-61-57-31-21-17-27-53(57)54-28-18-22-32-58(54)61)40-65-68(73(88)89)66(98-76(91)94-44-62-59-33-23-19-29-55(59)56-30-20-24-34-60(56)62)42-77(92,99-65)41-51(81)38-64(83)63(82)36-35-49(79)37-50(80)39-67(84)95-47(3)46(2)70(45)85/h5-34,45-52,61-66,68-72,74,79-83,85-87,92H,35-44H2,1-4H3,(H,78,90)(H,88,89). The maximum atomic E-state index is 14.1. The number of esters is 1. The van der Waals surface area contributed by atoms with Crippen LogP contribution in [0.25, 0.3) is 22.3 Å². The number of ether oxygens (including phenoxy) is 7. The van der Waals surface area contributed by atoms with Gasteiger partial charge >= 0.3 is 24.2 Å². The van der Waals surface area contributed by atoms with Gasteiger partial charge in [-0.15, -0.1) is 0 Å². The third kappa shape index (κ3) is 20.0. The second kappa shape index (κ2) is 35.4. The van der Waals surface area contributed by atoms with E-state index in [1.54, 1.807) is 86.8 Å². The molecule has 11 N–H and O–H groups in total. The molecule has 3 aliphatic heterocycles. The first kappa shape index (κ1) is 75.3. The number of carboxylic acids is 1. The summed E-state index contributed by atoms with van der Waals surface area (Å²) >= 11 is 0. The van der Waals surface area contributed by atoms with Gasteiger partial charge in [0, 0.05) is 49.4 Å². The lowest BCUT2D eigenvalue weighted by Crippen LogP contribution is -2.64. The first-order chi connectivity index (χ1) is 47.5. The predicted octanol–water partition coefficient (Wildman–Crippen LogP) is 8.27. The van der Waals surface area contributed by atoms with E-state index >= 15 is 0 Å². The van der Waals surface area contributed by atoms with Gasteiger partial charge in [0.25, 0.3) is 0 Å². The van der Waals surface area contributed by atoms with Gasteiger partial charge in [-0.25, -0.2) is 9.59 Å². The van der Waals surface area contributed by atoms with Crippen molar-refractivity contribution >= 4 is 24.2 Å². The highest BCUT2D eigenvalue weighted by atomic mass is 16.7. The molecule has 2 bridgehead atoms. The molecule has 99 heavy (non-hydrogen) atoms. The summed E-state index contributed by atoms with van der Waals surface area (Å²) in [5, 5.41) is 117. The van der Waals surface area contributed by atoms with Crippen LogP contribution in [0.4, 0.5) is 9.59 Å². The average Bonchev–Trinajstić information content (AvgIpc) is 1.65. The fourth-order valence-corrected chi connectivity index (χ4v) is 13.7. The topological polar surface area (TPSA) is 347 Å². The lowest BCUT2D eigenvalue weighted by atomic mass is 9.82. The van der Waals surface area contributed by atoms with Crippen molar-refractivity contribution in [3.05, 3.63) is 204 Å². The van der Waals surface area contributed by atoms with E-state index in [-0.39, 0.29) is 44.3 Å². The summed E-state index contributed by atoms with van der Waals surface area (Å²) < 4.78 is 41.9. The number of carbonyl (C=O) groups excluding carboxylic acids is 3. The van der Waals surface area contributed by atoms with E-state index < -0.39 is 172 Å². The van der Waals surface area contributed by atoms with Crippen molar-refractivity contribution in [3.63, 3.8) is 0 Å². The van der Waals surface area contributed by atoms with E-state index in [0.29, 0.717) is 0 Å². The number of nitrogens with one attached hydrogen (secondary N) is 1. The van der Waals surface area contributed by atoms with Crippen LogP contribution in [0.1, 0.15) is 113 Å². The molecule has 0 aromatic heterocycles. The molecule has 5 aliphatic rings. The molecule has 4 aromatic carbocycles. The molecule has 2 saturated heterocycles. The second-order valence-corrected chi connectivity index (χ2v) is 26.4. The molecule has 22 heteroatoms. The smallest absolute Gasteiger partial charge is 0.481 e.